The summed E-state index contributed by atoms with van der Waals surface area (Å²) in [7, 11) is -2.09. The molecule has 7 heteroatoms. The Hall–Kier alpha value is -3.31. The van der Waals surface area contributed by atoms with Crippen LogP contribution in [0.2, 0.25) is 0 Å². The lowest BCUT2D eigenvalue weighted by Crippen LogP contribution is -2.42. The lowest BCUT2D eigenvalue weighted by atomic mass is 9.83. The van der Waals surface area contributed by atoms with Gasteiger partial charge in [-0.15, -0.1) is 0 Å². The van der Waals surface area contributed by atoms with Gasteiger partial charge in [-0.1, -0.05) is 36.1 Å². The monoisotopic (exact) mass is 488 g/mol. The average molecular weight is 489 g/mol. The summed E-state index contributed by atoms with van der Waals surface area (Å²) in [6.45, 7) is 2.23. The number of nitrogens with one attached hydrogen (secondary N) is 1. The summed E-state index contributed by atoms with van der Waals surface area (Å²) >= 11 is 0. The van der Waals surface area contributed by atoms with E-state index in [0.717, 1.165) is 27.9 Å². The van der Waals surface area contributed by atoms with Crippen LogP contribution in [-0.2, 0) is 10.0 Å². The molecule has 0 aromatic heterocycles. The summed E-state index contributed by atoms with van der Waals surface area (Å²) < 4.78 is 34.4. The van der Waals surface area contributed by atoms with Crippen LogP contribution in [0.5, 0.6) is 5.75 Å². The Kier molecular flexibility index (Phi) is 6.28. The molecule has 180 valence electrons. The van der Waals surface area contributed by atoms with Gasteiger partial charge in [0.05, 0.1) is 36.3 Å². The molecule has 0 unspecified atom stereocenters. The van der Waals surface area contributed by atoms with Gasteiger partial charge in [0.1, 0.15) is 5.75 Å². The third-order valence-corrected chi connectivity index (χ3v) is 8.74. The smallest absolute Gasteiger partial charge is 0.243 e. The number of aliphatic hydroxyl groups is 1. The number of anilines is 1. The fourth-order valence-electron chi connectivity index (χ4n) is 5.17. The highest BCUT2D eigenvalue weighted by Gasteiger charge is 2.48. The number of rotatable bonds is 4. The molecule has 2 aliphatic rings. The van der Waals surface area contributed by atoms with Gasteiger partial charge in [0.2, 0.25) is 10.0 Å². The topological polar surface area (TPSA) is 78.9 Å². The molecule has 6 nitrogen and oxygen atoms in total. The van der Waals surface area contributed by atoms with Gasteiger partial charge in [0, 0.05) is 23.7 Å². The number of aryl methyl sites for hydroxylation is 1. The van der Waals surface area contributed by atoms with E-state index in [4.69, 9.17) is 4.74 Å². The number of para-hydroxylation sites is 1. The van der Waals surface area contributed by atoms with E-state index >= 15 is 0 Å². The highest BCUT2D eigenvalue weighted by Crippen LogP contribution is 2.48. The van der Waals surface area contributed by atoms with Crippen LogP contribution >= 0.6 is 0 Å². The third-order valence-electron chi connectivity index (χ3n) is 6.87. The number of benzene rings is 3. The molecule has 2 heterocycles. The predicted octanol–water partition coefficient (Wildman–Crippen LogP) is 3.94. The zero-order chi connectivity index (χ0) is 24.6. The number of hydrogen-bond acceptors (Lipinski definition) is 5. The van der Waals surface area contributed by atoms with Crippen molar-refractivity contribution in [1.82, 2.24) is 4.31 Å². The molecule has 3 atom stereocenters. The molecule has 3 aromatic carbocycles. The maximum Gasteiger partial charge on any atom is 0.243 e. The predicted molar refractivity (Wildman–Crippen MR) is 136 cm³/mol. The molecule has 2 aliphatic heterocycles. The van der Waals surface area contributed by atoms with Crippen molar-refractivity contribution >= 4 is 15.7 Å². The molecule has 35 heavy (non-hydrogen) atoms. The SMILES string of the molecule is COc1ccccc1C#Cc1ccc2c(c1)[C@@H]1[C@@H](CCN1S(=O)(=O)c1cccc(C)c1)[C@@H](CO)N2. The first-order chi connectivity index (χ1) is 16.9. The summed E-state index contributed by atoms with van der Waals surface area (Å²) in [5.74, 6) is 7.05. The maximum atomic E-state index is 13.7. The molecule has 0 aliphatic carbocycles. The third kappa shape index (κ3) is 4.30. The van der Waals surface area contributed by atoms with Gasteiger partial charge in [0.25, 0.3) is 0 Å². The molecule has 0 radical (unpaired) electrons. The molecule has 0 saturated carbocycles. The van der Waals surface area contributed by atoms with Crippen LogP contribution in [0, 0.1) is 24.7 Å². The molecule has 3 aromatic rings. The van der Waals surface area contributed by atoms with Crippen LogP contribution in [-0.4, -0.2) is 44.1 Å². The van der Waals surface area contributed by atoms with Gasteiger partial charge in [-0.25, -0.2) is 8.42 Å². The van der Waals surface area contributed by atoms with E-state index in [1.165, 1.54) is 0 Å². The second kappa shape index (κ2) is 9.38. The molecular weight excluding hydrogens is 460 g/mol. The number of ether oxygens (including phenoxy) is 1. The van der Waals surface area contributed by atoms with Crippen LogP contribution < -0.4 is 10.1 Å². The Morgan fingerprint density at radius 1 is 1.09 bits per heavy atom. The van der Waals surface area contributed by atoms with Crippen molar-refractivity contribution in [3.05, 3.63) is 89.0 Å². The van der Waals surface area contributed by atoms with Crippen LogP contribution in [0.3, 0.4) is 0 Å². The molecule has 2 N–H and O–H groups in total. The van der Waals surface area contributed by atoms with E-state index in [9.17, 15) is 13.5 Å². The van der Waals surface area contributed by atoms with E-state index in [-0.39, 0.29) is 24.6 Å². The molecule has 0 spiro atoms. The second-order valence-corrected chi connectivity index (χ2v) is 10.9. The Balaban J connectivity index is 1.56. The molecule has 5 rings (SSSR count). The summed E-state index contributed by atoms with van der Waals surface area (Å²) in [5, 5.41) is 13.5. The number of nitrogens with zero attached hydrogens (tertiary/aromatic N) is 1. The largest absolute Gasteiger partial charge is 0.495 e. The van der Waals surface area contributed by atoms with Crippen molar-refractivity contribution in [2.24, 2.45) is 5.92 Å². The zero-order valence-electron chi connectivity index (χ0n) is 19.7. The fourth-order valence-corrected chi connectivity index (χ4v) is 6.94. The lowest BCUT2D eigenvalue weighted by Gasteiger charge is -2.38. The van der Waals surface area contributed by atoms with Crippen LogP contribution in [0.15, 0.2) is 71.6 Å². The summed E-state index contributed by atoms with van der Waals surface area (Å²) in [4.78, 5) is 0.297. The molecular formula is C28H28N2O4S. The normalized spacial score (nSPS) is 21.3. The van der Waals surface area contributed by atoms with Crippen molar-refractivity contribution in [3.8, 4) is 17.6 Å². The van der Waals surface area contributed by atoms with Crippen molar-refractivity contribution < 1.29 is 18.3 Å². The standard InChI is InChI=1S/C28H28N2O4S/c1-19-6-5-8-22(16-19)35(32,33)30-15-14-23-26(18-31)29-25-13-11-20(17-24(25)28(23)30)10-12-21-7-3-4-9-27(21)34-2/h3-9,11,13,16-17,23,26,28-29,31H,14-15,18H2,1-2H3/t23-,26+,28-/m0/s1. The highest BCUT2D eigenvalue weighted by atomic mass is 32.2. The quantitative estimate of drug-likeness (QED) is 0.544. The van der Waals surface area contributed by atoms with Crippen molar-refractivity contribution in [2.45, 2.75) is 30.3 Å². The summed E-state index contributed by atoms with van der Waals surface area (Å²) in [5.41, 5.74) is 4.19. The molecule has 1 saturated heterocycles. The van der Waals surface area contributed by atoms with Gasteiger partial charge in [-0.2, -0.15) is 4.31 Å². The minimum Gasteiger partial charge on any atom is -0.495 e. The van der Waals surface area contributed by atoms with Crippen molar-refractivity contribution in [1.29, 1.82) is 0 Å². The maximum absolute atomic E-state index is 13.7. The Morgan fingerprint density at radius 3 is 2.69 bits per heavy atom. The minimum atomic E-state index is -3.71. The number of methoxy groups -OCH3 is 1. The van der Waals surface area contributed by atoms with E-state index in [0.29, 0.717) is 23.6 Å². The number of fused-ring (bicyclic) bond motifs is 3. The van der Waals surface area contributed by atoms with E-state index in [2.05, 4.69) is 17.2 Å². The average Bonchev–Trinajstić information content (AvgIpc) is 3.34. The van der Waals surface area contributed by atoms with E-state index < -0.39 is 10.0 Å². The summed E-state index contributed by atoms with van der Waals surface area (Å²) in [6, 6.07) is 19.8. The van der Waals surface area contributed by atoms with E-state index in [1.807, 2.05) is 55.5 Å². The molecule has 0 bridgehead atoms. The van der Waals surface area contributed by atoms with Gasteiger partial charge in [-0.05, 0) is 66.9 Å². The zero-order valence-corrected chi connectivity index (χ0v) is 20.5. The Labute approximate surface area is 206 Å². The lowest BCUT2D eigenvalue weighted by molar-refractivity contribution is 0.210. The van der Waals surface area contributed by atoms with Crippen molar-refractivity contribution in [3.63, 3.8) is 0 Å². The fraction of sp³-hybridized carbons (Fsp3) is 0.286. The van der Waals surface area contributed by atoms with Crippen LogP contribution in [0.25, 0.3) is 0 Å². The molecule has 1 fully saturated rings. The van der Waals surface area contributed by atoms with Crippen molar-refractivity contribution in [2.75, 3.05) is 25.6 Å². The first-order valence-corrected chi connectivity index (χ1v) is 13.1. The van der Waals surface area contributed by atoms with Gasteiger partial charge < -0.3 is 15.2 Å². The Morgan fingerprint density at radius 2 is 1.91 bits per heavy atom. The minimum absolute atomic E-state index is 0.0375. The van der Waals surface area contributed by atoms with Gasteiger partial charge >= 0.3 is 0 Å². The molecule has 0 amide bonds. The van der Waals surface area contributed by atoms with E-state index in [1.54, 1.807) is 29.6 Å². The van der Waals surface area contributed by atoms with Gasteiger partial charge in [-0.3, -0.25) is 0 Å². The number of aliphatic hydroxyl groups excluding tert-OH is 1. The second-order valence-electron chi connectivity index (χ2n) is 9.02. The van der Waals surface area contributed by atoms with Crippen LogP contribution in [0.4, 0.5) is 5.69 Å². The number of sulfonamides is 1. The first-order valence-electron chi connectivity index (χ1n) is 11.7. The highest BCUT2D eigenvalue weighted by molar-refractivity contribution is 7.89. The first kappa shape index (κ1) is 23.4. The van der Waals surface area contributed by atoms with Crippen LogP contribution in [0.1, 0.15) is 34.7 Å². The Bertz CT molecular complexity index is 1420. The summed E-state index contributed by atoms with van der Waals surface area (Å²) in [6.07, 6.45) is 0.671. The number of hydrogen-bond donors (Lipinski definition) is 2. The van der Waals surface area contributed by atoms with Gasteiger partial charge in [0.15, 0.2) is 0 Å².